The second-order valence-corrected chi connectivity index (χ2v) is 10.8. The van der Waals surface area contributed by atoms with Crippen molar-refractivity contribution in [1.82, 2.24) is 5.32 Å². The van der Waals surface area contributed by atoms with Crippen molar-refractivity contribution >= 4 is 27.4 Å². The second-order valence-electron chi connectivity index (χ2n) is 9.09. The van der Waals surface area contributed by atoms with Crippen molar-refractivity contribution in [2.45, 2.75) is 37.2 Å². The molecular weight excluding hydrogens is 450 g/mol. The standard InChI is InChI=1S/C26H27N3O4S/c1-15-3-8-19(13-16(15)2)29-34(32,33)20-9-10-23-22(14-20)25-21(11-12-27-25)24(28-23)17-4-6-18(7-5-17)26(30)31/h3-10,13-14,21,24-25,27-29H,11-12H2,1-2H3,(H,30,31). The first-order valence-electron chi connectivity index (χ1n) is 11.3. The van der Waals surface area contributed by atoms with E-state index in [4.69, 9.17) is 0 Å². The molecule has 0 amide bonds. The average Bonchev–Trinajstić information content (AvgIpc) is 3.31. The molecule has 176 valence electrons. The number of aryl methyl sites for hydroxylation is 2. The molecule has 4 N–H and O–H groups in total. The van der Waals surface area contributed by atoms with Crippen molar-refractivity contribution < 1.29 is 18.3 Å². The number of aromatic carboxylic acids is 1. The van der Waals surface area contributed by atoms with Gasteiger partial charge in [-0.15, -0.1) is 0 Å². The Labute approximate surface area is 199 Å². The molecule has 1 saturated heterocycles. The molecule has 8 heteroatoms. The summed E-state index contributed by atoms with van der Waals surface area (Å²) >= 11 is 0. The van der Waals surface area contributed by atoms with E-state index in [-0.39, 0.29) is 28.5 Å². The second kappa shape index (κ2) is 8.45. The minimum atomic E-state index is -3.74. The van der Waals surface area contributed by atoms with Crippen molar-refractivity contribution in [3.8, 4) is 0 Å². The predicted molar refractivity (Wildman–Crippen MR) is 132 cm³/mol. The highest BCUT2D eigenvalue weighted by Crippen LogP contribution is 2.47. The number of carboxylic acids is 1. The molecule has 2 aliphatic heterocycles. The molecule has 0 radical (unpaired) electrons. The molecule has 2 aliphatic rings. The summed E-state index contributed by atoms with van der Waals surface area (Å²) in [7, 11) is -3.74. The molecule has 3 unspecified atom stereocenters. The number of carbonyl (C=O) groups is 1. The van der Waals surface area contributed by atoms with Crippen LogP contribution in [0.4, 0.5) is 11.4 Å². The molecule has 1 fully saturated rings. The largest absolute Gasteiger partial charge is 0.478 e. The Bertz CT molecular complexity index is 1370. The van der Waals surface area contributed by atoms with Crippen LogP contribution in [-0.2, 0) is 10.0 Å². The van der Waals surface area contributed by atoms with E-state index < -0.39 is 16.0 Å². The van der Waals surface area contributed by atoms with Gasteiger partial charge >= 0.3 is 5.97 Å². The maximum absolute atomic E-state index is 13.1. The van der Waals surface area contributed by atoms with Gasteiger partial charge in [-0.05, 0) is 91.5 Å². The molecule has 3 atom stereocenters. The Morgan fingerprint density at radius 3 is 2.44 bits per heavy atom. The molecular formula is C26H27N3O4S. The van der Waals surface area contributed by atoms with E-state index in [9.17, 15) is 18.3 Å². The minimum absolute atomic E-state index is 0.00598. The lowest BCUT2D eigenvalue weighted by Gasteiger charge is -2.37. The van der Waals surface area contributed by atoms with E-state index in [2.05, 4.69) is 15.4 Å². The Kier molecular flexibility index (Phi) is 5.58. The monoisotopic (exact) mass is 477 g/mol. The first kappa shape index (κ1) is 22.4. The zero-order valence-corrected chi connectivity index (χ0v) is 19.8. The topological polar surface area (TPSA) is 108 Å². The van der Waals surface area contributed by atoms with E-state index >= 15 is 0 Å². The third-order valence-electron chi connectivity index (χ3n) is 6.95. The maximum Gasteiger partial charge on any atom is 0.335 e. The van der Waals surface area contributed by atoms with Crippen molar-refractivity contribution in [2.24, 2.45) is 5.92 Å². The van der Waals surface area contributed by atoms with Gasteiger partial charge in [0.25, 0.3) is 10.0 Å². The van der Waals surface area contributed by atoms with Crippen LogP contribution in [0.15, 0.2) is 65.6 Å². The Morgan fingerprint density at radius 2 is 1.74 bits per heavy atom. The van der Waals surface area contributed by atoms with Gasteiger partial charge in [0.1, 0.15) is 0 Å². The van der Waals surface area contributed by atoms with Crippen molar-refractivity contribution in [3.05, 3.63) is 88.5 Å². The normalized spacial score (nSPS) is 21.3. The van der Waals surface area contributed by atoms with Gasteiger partial charge < -0.3 is 15.7 Å². The van der Waals surface area contributed by atoms with E-state index in [1.807, 2.05) is 44.2 Å². The Hall–Kier alpha value is -3.36. The predicted octanol–water partition coefficient (Wildman–Crippen LogP) is 4.62. The molecule has 0 saturated carbocycles. The van der Waals surface area contributed by atoms with Gasteiger partial charge in [-0.2, -0.15) is 0 Å². The first-order chi connectivity index (χ1) is 16.2. The molecule has 34 heavy (non-hydrogen) atoms. The zero-order chi connectivity index (χ0) is 24.0. The summed E-state index contributed by atoms with van der Waals surface area (Å²) in [6.45, 7) is 4.77. The van der Waals surface area contributed by atoms with Crippen LogP contribution in [0.25, 0.3) is 0 Å². The number of fused-ring (bicyclic) bond motifs is 3. The molecule has 0 aromatic heterocycles. The summed E-state index contributed by atoms with van der Waals surface area (Å²) in [6, 6.07) is 17.7. The molecule has 0 bridgehead atoms. The molecule has 2 heterocycles. The van der Waals surface area contributed by atoms with Crippen LogP contribution in [0.3, 0.4) is 0 Å². The number of rotatable bonds is 5. The highest BCUT2D eigenvalue weighted by Gasteiger charge is 2.40. The average molecular weight is 478 g/mol. The minimum Gasteiger partial charge on any atom is -0.478 e. The first-order valence-corrected chi connectivity index (χ1v) is 12.8. The Balaban J connectivity index is 1.45. The number of sulfonamides is 1. The summed E-state index contributed by atoms with van der Waals surface area (Å²) in [5, 5.41) is 16.3. The highest BCUT2D eigenvalue weighted by molar-refractivity contribution is 7.92. The number of anilines is 2. The molecule has 0 spiro atoms. The molecule has 0 aliphatic carbocycles. The van der Waals surface area contributed by atoms with E-state index in [0.29, 0.717) is 5.69 Å². The summed E-state index contributed by atoms with van der Waals surface area (Å²) in [5.74, 6) is -0.731. The third-order valence-corrected chi connectivity index (χ3v) is 8.33. The smallest absolute Gasteiger partial charge is 0.335 e. The summed E-state index contributed by atoms with van der Waals surface area (Å²) in [6.07, 6.45) is 0.931. The molecule has 3 aromatic rings. The Morgan fingerprint density at radius 1 is 0.971 bits per heavy atom. The van der Waals surface area contributed by atoms with E-state index in [0.717, 1.165) is 40.9 Å². The number of carboxylic acid groups (broad SMARTS) is 1. The van der Waals surface area contributed by atoms with Gasteiger partial charge in [-0.3, -0.25) is 4.72 Å². The lowest BCUT2D eigenvalue weighted by molar-refractivity contribution is 0.0697. The van der Waals surface area contributed by atoms with Gasteiger partial charge in [-0.25, -0.2) is 13.2 Å². The van der Waals surface area contributed by atoms with Gasteiger partial charge in [0, 0.05) is 23.3 Å². The molecule has 7 nitrogen and oxygen atoms in total. The van der Waals surface area contributed by atoms with Gasteiger partial charge in [0.15, 0.2) is 0 Å². The van der Waals surface area contributed by atoms with Crippen LogP contribution in [0, 0.1) is 19.8 Å². The molecule has 3 aromatic carbocycles. The van der Waals surface area contributed by atoms with Crippen LogP contribution in [0.1, 0.15) is 51.1 Å². The summed E-state index contributed by atoms with van der Waals surface area (Å²) in [4.78, 5) is 11.4. The van der Waals surface area contributed by atoms with Crippen LogP contribution in [0.5, 0.6) is 0 Å². The summed E-state index contributed by atoms with van der Waals surface area (Å²) in [5.41, 5.74) is 5.76. The highest BCUT2D eigenvalue weighted by atomic mass is 32.2. The summed E-state index contributed by atoms with van der Waals surface area (Å²) < 4.78 is 29.0. The fourth-order valence-electron chi connectivity index (χ4n) is 4.98. The SMILES string of the molecule is Cc1ccc(NS(=O)(=O)c2ccc3c(c2)C2NCCC2C(c2ccc(C(=O)O)cc2)N3)cc1C. The van der Waals surface area contributed by atoms with Crippen LogP contribution in [0.2, 0.25) is 0 Å². The van der Waals surface area contributed by atoms with Crippen LogP contribution in [-0.4, -0.2) is 26.0 Å². The van der Waals surface area contributed by atoms with Crippen LogP contribution < -0.4 is 15.4 Å². The van der Waals surface area contributed by atoms with Gasteiger partial charge in [0.2, 0.25) is 0 Å². The number of nitrogens with one attached hydrogen (secondary N) is 3. The van der Waals surface area contributed by atoms with Crippen molar-refractivity contribution in [2.75, 3.05) is 16.6 Å². The quantitative estimate of drug-likeness (QED) is 0.427. The van der Waals surface area contributed by atoms with E-state index in [1.54, 1.807) is 30.3 Å². The van der Waals surface area contributed by atoms with Gasteiger partial charge in [0.05, 0.1) is 16.5 Å². The van der Waals surface area contributed by atoms with Gasteiger partial charge in [-0.1, -0.05) is 18.2 Å². The van der Waals surface area contributed by atoms with Crippen molar-refractivity contribution in [3.63, 3.8) is 0 Å². The third kappa shape index (κ3) is 4.03. The van der Waals surface area contributed by atoms with E-state index in [1.165, 1.54) is 0 Å². The maximum atomic E-state index is 13.1. The number of hydrogen-bond acceptors (Lipinski definition) is 5. The lowest BCUT2D eigenvalue weighted by Crippen LogP contribution is -2.32. The zero-order valence-electron chi connectivity index (χ0n) is 19.0. The molecule has 5 rings (SSSR count). The lowest BCUT2D eigenvalue weighted by atomic mass is 9.80. The fourth-order valence-corrected chi connectivity index (χ4v) is 6.06. The number of benzene rings is 3. The van der Waals surface area contributed by atoms with Crippen molar-refractivity contribution in [1.29, 1.82) is 0 Å². The fraction of sp³-hybridized carbons (Fsp3) is 0.269. The number of hydrogen-bond donors (Lipinski definition) is 4. The van der Waals surface area contributed by atoms with Crippen LogP contribution >= 0.6 is 0 Å².